The number of carbonyl (C=O) groups is 2. The summed E-state index contributed by atoms with van der Waals surface area (Å²) in [7, 11) is 3.89. The van der Waals surface area contributed by atoms with Crippen molar-refractivity contribution in [2.75, 3.05) is 62.7 Å². The van der Waals surface area contributed by atoms with Gasteiger partial charge in [0, 0.05) is 61.4 Å². The molecule has 1 aliphatic carbocycles. The van der Waals surface area contributed by atoms with Crippen molar-refractivity contribution in [3.63, 3.8) is 0 Å². The second kappa shape index (κ2) is 14.6. The van der Waals surface area contributed by atoms with Gasteiger partial charge in [0.15, 0.2) is 0 Å². The molecule has 216 valence electrons. The molecule has 0 spiro atoms. The van der Waals surface area contributed by atoms with Crippen LogP contribution in [0.25, 0.3) is 0 Å². The van der Waals surface area contributed by atoms with Gasteiger partial charge in [-0.25, -0.2) is 0 Å². The van der Waals surface area contributed by atoms with Crippen molar-refractivity contribution >= 4 is 71.0 Å². The molecule has 39 heavy (non-hydrogen) atoms. The van der Waals surface area contributed by atoms with Crippen molar-refractivity contribution in [2.45, 2.75) is 31.3 Å². The summed E-state index contributed by atoms with van der Waals surface area (Å²) in [6.07, 6.45) is 3.14. The number of alkyl halides is 2. The number of halogens is 4. The first-order valence-electron chi connectivity index (χ1n) is 12.6. The van der Waals surface area contributed by atoms with Crippen molar-refractivity contribution in [2.24, 2.45) is 0 Å². The molecule has 2 aromatic carbocycles. The first kappa shape index (κ1) is 33.3. The summed E-state index contributed by atoms with van der Waals surface area (Å²) < 4.78 is 0. The molecule has 4 N–H and O–H groups in total. The van der Waals surface area contributed by atoms with Gasteiger partial charge >= 0.3 is 0 Å². The summed E-state index contributed by atoms with van der Waals surface area (Å²) in [4.78, 5) is 31.7. The zero-order valence-corrected chi connectivity index (χ0v) is 25.2. The Hall–Kier alpha value is -1.94. The van der Waals surface area contributed by atoms with Gasteiger partial charge in [-0.1, -0.05) is 6.42 Å². The minimum Gasteiger partial charge on any atom is -0.507 e. The van der Waals surface area contributed by atoms with Crippen molar-refractivity contribution in [1.29, 1.82) is 0 Å². The average Bonchev–Trinajstić information content (AvgIpc) is 2.88. The Morgan fingerprint density at radius 1 is 0.821 bits per heavy atom. The number of hydrogen-bond donors (Lipinski definition) is 4. The molecular weight excluding hydrogens is 586 g/mol. The molecule has 0 aromatic heterocycles. The van der Waals surface area contributed by atoms with Crippen LogP contribution >= 0.6 is 48.0 Å². The van der Waals surface area contributed by atoms with Gasteiger partial charge in [-0.05, 0) is 51.2 Å². The van der Waals surface area contributed by atoms with Crippen LogP contribution in [0.3, 0.4) is 0 Å². The minimum absolute atomic E-state index is 0. The maximum Gasteiger partial charge on any atom is 0.200 e. The summed E-state index contributed by atoms with van der Waals surface area (Å²) >= 11 is 12.5. The quantitative estimate of drug-likeness (QED) is 0.189. The monoisotopic (exact) mass is 620 g/mol. The number of ketones is 2. The van der Waals surface area contributed by atoms with Gasteiger partial charge in [0.1, 0.15) is 11.5 Å². The summed E-state index contributed by atoms with van der Waals surface area (Å²) in [6.45, 7) is 2.47. The number of piperidine rings is 1. The smallest absolute Gasteiger partial charge is 0.200 e. The molecule has 2 atom stereocenters. The van der Waals surface area contributed by atoms with Crippen LogP contribution in [0.5, 0.6) is 11.5 Å². The lowest BCUT2D eigenvalue weighted by Crippen LogP contribution is -2.50. The molecule has 0 saturated carbocycles. The maximum absolute atomic E-state index is 13.7. The van der Waals surface area contributed by atoms with E-state index in [1.54, 1.807) is 12.1 Å². The number of rotatable bonds is 10. The summed E-state index contributed by atoms with van der Waals surface area (Å²) in [5.41, 5.74) is 1.04. The zero-order valence-electron chi connectivity index (χ0n) is 22.0. The number of nitrogens with zero attached hydrogens (tertiary/aromatic N) is 2. The van der Waals surface area contributed by atoms with Crippen LogP contribution in [-0.4, -0.2) is 95.7 Å². The van der Waals surface area contributed by atoms with Gasteiger partial charge < -0.3 is 25.7 Å². The third kappa shape index (κ3) is 6.87. The lowest BCUT2D eigenvalue weighted by Gasteiger charge is -2.41. The number of hydrogen-bond acceptors (Lipinski definition) is 8. The van der Waals surface area contributed by atoms with Gasteiger partial charge in [-0.15, -0.1) is 48.0 Å². The molecule has 4 rings (SSSR count). The summed E-state index contributed by atoms with van der Waals surface area (Å²) in [6, 6.07) is 6.50. The van der Waals surface area contributed by atoms with E-state index in [2.05, 4.69) is 15.5 Å². The number of fused-ring (bicyclic) bond motifs is 2. The van der Waals surface area contributed by atoms with E-state index in [-0.39, 0.29) is 70.7 Å². The summed E-state index contributed by atoms with van der Waals surface area (Å²) in [5, 5.41) is 27.5. The van der Waals surface area contributed by atoms with E-state index in [1.165, 1.54) is 12.1 Å². The molecule has 2 unspecified atom stereocenters. The van der Waals surface area contributed by atoms with E-state index in [0.717, 1.165) is 25.8 Å². The Bertz CT molecular complexity index is 1170. The first-order valence-corrected chi connectivity index (χ1v) is 13.7. The van der Waals surface area contributed by atoms with Crippen LogP contribution < -0.4 is 10.6 Å². The number of phenols is 2. The first-order chi connectivity index (χ1) is 17.8. The Morgan fingerprint density at radius 2 is 1.28 bits per heavy atom. The normalized spacial score (nSPS) is 18.6. The Kier molecular flexibility index (Phi) is 12.5. The van der Waals surface area contributed by atoms with Gasteiger partial charge in [0.25, 0.3) is 0 Å². The molecule has 0 radical (unpaired) electrons. The van der Waals surface area contributed by atoms with Crippen molar-refractivity contribution in [3.05, 3.63) is 46.5 Å². The standard InChI is InChI=1S/C27H34Cl2N4O4.2ClH/c1-32(2)12-10-30-18-6-7-19(31-11-13-33-16(14-28)4-3-5-17(33)15-29)23-22(18)26(36)24-20(34)8-9-21(35)25(24)27(23)37;;/h6-9,16-17,30-31,34-35H,3-5,10-15H2,1-2H3;2*1H. The second-order valence-electron chi connectivity index (χ2n) is 9.86. The van der Waals surface area contributed by atoms with Crippen LogP contribution in [0.1, 0.15) is 51.1 Å². The highest BCUT2D eigenvalue weighted by molar-refractivity contribution is 6.33. The van der Waals surface area contributed by atoms with Gasteiger partial charge in [-0.3, -0.25) is 14.5 Å². The number of benzene rings is 2. The van der Waals surface area contributed by atoms with Gasteiger partial charge in [0.2, 0.25) is 11.6 Å². The molecule has 2 aromatic rings. The maximum atomic E-state index is 13.7. The second-order valence-corrected chi connectivity index (χ2v) is 10.5. The highest BCUT2D eigenvalue weighted by Gasteiger charge is 2.38. The molecule has 1 heterocycles. The predicted molar refractivity (Wildman–Crippen MR) is 163 cm³/mol. The van der Waals surface area contributed by atoms with Crippen LogP contribution in [0.15, 0.2) is 24.3 Å². The van der Waals surface area contributed by atoms with Crippen molar-refractivity contribution < 1.29 is 19.8 Å². The molecule has 2 aliphatic rings. The van der Waals surface area contributed by atoms with Crippen LogP contribution in [0, 0.1) is 0 Å². The largest absolute Gasteiger partial charge is 0.507 e. The number of aromatic hydroxyl groups is 2. The average molecular weight is 622 g/mol. The van der Waals surface area contributed by atoms with E-state index in [1.807, 2.05) is 19.0 Å². The SMILES string of the molecule is CN(C)CCNc1ccc(NCCN2C(CCl)CCCC2CCl)c2c1C(=O)c1c(O)ccc(O)c1C2=O.Cl.Cl. The zero-order chi connectivity index (χ0) is 26.7. The molecule has 1 saturated heterocycles. The molecule has 0 amide bonds. The van der Waals surface area contributed by atoms with Crippen LogP contribution in [0.4, 0.5) is 11.4 Å². The summed E-state index contributed by atoms with van der Waals surface area (Å²) in [5.74, 6) is -0.622. The fourth-order valence-electron chi connectivity index (χ4n) is 5.31. The molecular formula is C27H36Cl4N4O4. The lowest BCUT2D eigenvalue weighted by molar-refractivity contribution is 0.0975. The van der Waals surface area contributed by atoms with Gasteiger partial charge in [0.05, 0.1) is 22.3 Å². The molecule has 8 nitrogen and oxygen atoms in total. The van der Waals surface area contributed by atoms with E-state index < -0.39 is 11.6 Å². The third-order valence-electron chi connectivity index (χ3n) is 7.20. The fraction of sp³-hybridized carbons (Fsp3) is 0.481. The van der Waals surface area contributed by atoms with Crippen molar-refractivity contribution in [1.82, 2.24) is 9.80 Å². The van der Waals surface area contributed by atoms with Crippen LogP contribution in [0.2, 0.25) is 0 Å². The van der Waals surface area contributed by atoms with Crippen LogP contribution in [-0.2, 0) is 0 Å². The van der Waals surface area contributed by atoms with E-state index in [4.69, 9.17) is 23.2 Å². The molecule has 0 bridgehead atoms. The number of carbonyl (C=O) groups excluding carboxylic acids is 2. The number of phenolic OH excluding ortho intramolecular Hbond substituents is 2. The fourth-order valence-corrected chi connectivity index (χ4v) is 5.97. The minimum atomic E-state index is -0.507. The Balaban J connectivity index is 0.00000267. The number of anilines is 2. The molecule has 12 heteroatoms. The molecule has 1 aliphatic heterocycles. The Morgan fingerprint density at radius 3 is 1.72 bits per heavy atom. The highest BCUT2D eigenvalue weighted by Crippen LogP contribution is 2.42. The van der Waals surface area contributed by atoms with Crippen molar-refractivity contribution in [3.8, 4) is 11.5 Å². The Labute approximate surface area is 251 Å². The van der Waals surface area contributed by atoms with E-state index in [9.17, 15) is 19.8 Å². The number of nitrogens with one attached hydrogen (secondary N) is 2. The predicted octanol–water partition coefficient (Wildman–Crippen LogP) is 4.80. The van der Waals surface area contributed by atoms with E-state index >= 15 is 0 Å². The number of likely N-dealkylation sites (N-methyl/N-ethyl adjacent to an activating group) is 1. The number of likely N-dealkylation sites (tertiary alicyclic amines) is 1. The highest BCUT2D eigenvalue weighted by atomic mass is 35.5. The van der Waals surface area contributed by atoms with Gasteiger partial charge in [-0.2, -0.15) is 0 Å². The lowest BCUT2D eigenvalue weighted by atomic mass is 9.81. The topological polar surface area (TPSA) is 105 Å². The molecule has 1 fully saturated rings. The third-order valence-corrected chi connectivity index (χ3v) is 7.92. The van der Waals surface area contributed by atoms with E-state index in [0.29, 0.717) is 42.8 Å².